The number of hydrogen-bond acceptors (Lipinski definition) is 3. The second kappa shape index (κ2) is 5.45. The molecule has 1 unspecified atom stereocenters. The van der Waals surface area contributed by atoms with E-state index in [-0.39, 0.29) is 18.2 Å². The van der Waals surface area contributed by atoms with Gasteiger partial charge in [-0.2, -0.15) is 17.4 Å². The number of rotatable bonds is 4. The lowest BCUT2D eigenvalue weighted by atomic mass is 10.0. The molecule has 0 aromatic heterocycles. The summed E-state index contributed by atoms with van der Waals surface area (Å²) in [4.78, 5) is 0. The number of hydrogen-bond donors (Lipinski definition) is 2. The van der Waals surface area contributed by atoms with E-state index in [4.69, 9.17) is 0 Å². The molecule has 2 aliphatic rings. The number of piperidine rings is 1. The highest BCUT2D eigenvalue weighted by atomic mass is 32.2. The van der Waals surface area contributed by atoms with Crippen molar-refractivity contribution in [3.05, 3.63) is 0 Å². The largest absolute Gasteiger partial charge is 0.395 e. The molecule has 1 aliphatic carbocycles. The Kier molecular flexibility index (Phi) is 4.31. The molecule has 6 heteroatoms. The van der Waals surface area contributed by atoms with Crippen molar-refractivity contribution in [1.29, 1.82) is 0 Å². The van der Waals surface area contributed by atoms with Crippen LogP contribution in [0.4, 0.5) is 0 Å². The minimum Gasteiger partial charge on any atom is -0.395 e. The highest BCUT2D eigenvalue weighted by Crippen LogP contribution is 2.31. The number of aliphatic hydroxyl groups is 1. The Hall–Kier alpha value is -0.170. The Morgan fingerprint density at radius 3 is 2.56 bits per heavy atom. The van der Waals surface area contributed by atoms with Crippen molar-refractivity contribution >= 4 is 10.2 Å². The summed E-state index contributed by atoms with van der Waals surface area (Å²) in [6.07, 6.45) is 6.62. The molecule has 2 fully saturated rings. The summed E-state index contributed by atoms with van der Waals surface area (Å²) in [5.41, 5.74) is -0.295. The zero-order valence-corrected chi connectivity index (χ0v) is 11.9. The molecule has 0 amide bonds. The molecule has 1 saturated carbocycles. The zero-order valence-electron chi connectivity index (χ0n) is 11.1. The monoisotopic (exact) mass is 276 g/mol. The van der Waals surface area contributed by atoms with Crippen molar-refractivity contribution in [3.63, 3.8) is 0 Å². The lowest BCUT2D eigenvalue weighted by Crippen LogP contribution is -2.55. The van der Waals surface area contributed by atoms with Crippen LogP contribution in [0.2, 0.25) is 0 Å². The molecule has 1 atom stereocenters. The van der Waals surface area contributed by atoms with Gasteiger partial charge in [-0.3, -0.25) is 0 Å². The maximum atomic E-state index is 12.4. The van der Waals surface area contributed by atoms with Crippen LogP contribution in [0.1, 0.15) is 51.9 Å². The quantitative estimate of drug-likeness (QED) is 0.805. The van der Waals surface area contributed by atoms with Crippen LogP contribution in [0.5, 0.6) is 0 Å². The van der Waals surface area contributed by atoms with Gasteiger partial charge in [0.1, 0.15) is 0 Å². The van der Waals surface area contributed by atoms with Gasteiger partial charge in [-0.05, 0) is 32.6 Å². The first-order chi connectivity index (χ1) is 8.47. The average Bonchev–Trinajstić information content (AvgIpc) is 2.74. The van der Waals surface area contributed by atoms with Crippen LogP contribution in [0.15, 0.2) is 0 Å². The predicted molar refractivity (Wildman–Crippen MR) is 70.4 cm³/mol. The molecule has 0 bridgehead atoms. The van der Waals surface area contributed by atoms with E-state index in [1.54, 1.807) is 0 Å². The van der Waals surface area contributed by atoms with Gasteiger partial charge in [-0.25, -0.2) is 0 Å². The second-order valence-electron chi connectivity index (χ2n) is 5.82. The average molecular weight is 276 g/mol. The number of nitrogens with zero attached hydrogens (tertiary/aromatic N) is 1. The topological polar surface area (TPSA) is 69.6 Å². The van der Waals surface area contributed by atoms with E-state index in [1.807, 2.05) is 6.92 Å². The van der Waals surface area contributed by atoms with E-state index in [1.165, 1.54) is 4.31 Å². The van der Waals surface area contributed by atoms with Crippen molar-refractivity contribution < 1.29 is 13.5 Å². The van der Waals surface area contributed by atoms with Crippen LogP contribution in [0.25, 0.3) is 0 Å². The molecular formula is C12H24N2O3S. The van der Waals surface area contributed by atoms with E-state index < -0.39 is 10.2 Å². The molecule has 5 nitrogen and oxygen atoms in total. The molecule has 1 heterocycles. The SMILES string of the molecule is CC1(NS(=O)(=O)N2CCCCC2CO)CCCC1. The Labute approximate surface area is 110 Å². The highest BCUT2D eigenvalue weighted by Gasteiger charge is 2.38. The van der Waals surface area contributed by atoms with Gasteiger partial charge >= 0.3 is 0 Å². The lowest BCUT2D eigenvalue weighted by molar-refractivity contribution is 0.152. The molecule has 18 heavy (non-hydrogen) atoms. The number of nitrogens with one attached hydrogen (secondary N) is 1. The summed E-state index contributed by atoms with van der Waals surface area (Å²) in [6, 6.07) is -0.249. The Morgan fingerprint density at radius 1 is 1.28 bits per heavy atom. The summed E-state index contributed by atoms with van der Waals surface area (Å²) in [5.74, 6) is 0. The van der Waals surface area contributed by atoms with Gasteiger partial charge in [0.05, 0.1) is 6.61 Å². The standard InChI is InChI=1S/C12H24N2O3S/c1-12(7-3-4-8-12)13-18(16,17)14-9-5-2-6-11(14)10-15/h11,13,15H,2-10H2,1H3. The maximum absolute atomic E-state index is 12.4. The fraction of sp³-hybridized carbons (Fsp3) is 1.00. The van der Waals surface area contributed by atoms with Crippen molar-refractivity contribution in [1.82, 2.24) is 9.03 Å². The first-order valence-corrected chi connectivity index (χ1v) is 8.32. The number of aliphatic hydroxyl groups excluding tert-OH is 1. The Balaban J connectivity index is 2.09. The zero-order chi connectivity index (χ0) is 13.2. The van der Waals surface area contributed by atoms with Crippen molar-refractivity contribution in [2.45, 2.75) is 63.5 Å². The third kappa shape index (κ3) is 3.04. The molecule has 0 spiro atoms. The van der Waals surface area contributed by atoms with Gasteiger partial charge < -0.3 is 5.11 Å². The van der Waals surface area contributed by atoms with E-state index in [0.717, 1.165) is 44.9 Å². The van der Waals surface area contributed by atoms with Crippen molar-refractivity contribution in [3.8, 4) is 0 Å². The molecular weight excluding hydrogens is 252 g/mol. The van der Waals surface area contributed by atoms with Crippen LogP contribution in [0, 0.1) is 0 Å². The molecule has 0 aromatic carbocycles. The van der Waals surface area contributed by atoms with E-state index in [9.17, 15) is 13.5 Å². The molecule has 2 rings (SSSR count). The van der Waals surface area contributed by atoms with E-state index >= 15 is 0 Å². The van der Waals surface area contributed by atoms with Crippen molar-refractivity contribution in [2.24, 2.45) is 0 Å². The second-order valence-corrected chi connectivity index (χ2v) is 7.44. The minimum absolute atomic E-state index is 0.0857. The normalized spacial score (nSPS) is 29.6. The first-order valence-electron chi connectivity index (χ1n) is 6.88. The van der Waals surface area contributed by atoms with Crippen LogP contribution >= 0.6 is 0 Å². The molecule has 0 radical (unpaired) electrons. The molecule has 0 aromatic rings. The summed E-state index contributed by atoms with van der Waals surface area (Å²) in [7, 11) is -3.46. The molecule has 106 valence electrons. The van der Waals surface area contributed by atoms with Crippen LogP contribution in [-0.4, -0.2) is 42.6 Å². The van der Waals surface area contributed by atoms with Crippen LogP contribution in [0.3, 0.4) is 0 Å². The van der Waals surface area contributed by atoms with Crippen LogP contribution in [-0.2, 0) is 10.2 Å². The Morgan fingerprint density at radius 2 is 1.94 bits per heavy atom. The molecule has 1 aliphatic heterocycles. The van der Waals surface area contributed by atoms with Crippen molar-refractivity contribution in [2.75, 3.05) is 13.2 Å². The summed E-state index contributed by atoms with van der Waals surface area (Å²) in [5, 5.41) is 9.32. The van der Waals surface area contributed by atoms with Gasteiger partial charge in [-0.1, -0.05) is 19.3 Å². The van der Waals surface area contributed by atoms with Gasteiger partial charge in [0.2, 0.25) is 0 Å². The summed E-state index contributed by atoms with van der Waals surface area (Å²) < 4.78 is 29.2. The third-order valence-electron chi connectivity index (χ3n) is 4.18. The molecule has 2 N–H and O–H groups in total. The Bertz CT molecular complexity index is 377. The van der Waals surface area contributed by atoms with Gasteiger partial charge in [0, 0.05) is 18.1 Å². The van der Waals surface area contributed by atoms with E-state index in [0.29, 0.717) is 6.54 Å². The predicted octanol–water partition coefficient (Wildman–Crippen LogP) is 1.00. The van der Waals surface area contributed by atoms with Gasteiger partial charge in [0.25, 0.3) is 10.2 Å². The maximum Gasteiger partial charge on any atom is 0.280 e. The summed E-state index contributed by atoms with van der Waals surface area (Å²) in [6.45, 7) is 2.42. The smallest absolute Gasteiger partial charge is 0.280 e. The summed E-state index contributed by atoms with van der Waals surface area (Å²) >= 11 is 0. The highest BCUT2D eigenvalue weighted by molar-refractivity contribution is 7.87. The minimum atomic E-state index is -3.46. The molecule has 1 saturated heterocycles. The van der Waals surface area contributed by atoms with Gasteiger partial charge in [0.15, 0.2) is 0 Å². The van der Waals surface area contributed by atoms with Crippen LogP contribution < -0.4 is 4.72 Å². The fourth-order valence-corrected chi connectivity index (χ4v) is 4.98. The van der Waals surface area contributed by atoms with E-state index in [2.05, 4.69) is 4.72 Å². The fourth-order valence-electron chi connectivity index (χ4n) is 3.10. The third-order valence-corrected chi connectivity index (χ3v) is 6.02. The first kappa shape index (κ1) is 14.2. The van der Waals surface area contributed by atoms with Gasteiger partial charge in [-0.15, -0.1) is 0 Å². The lowest BCUT2D eigenvalue weighted by Gasteiger charge is -2.36.